The van der Waals surface area contributed by atoms with Crippen LogP contribution in [0.1, 0.15) is 11.4 Å². The fourth-order valence-corrected chi connectivity index (χ4v) is 3.57. The van der Waals surface area contributed by atoms with Gasteiger partial charge in [-0.2, -0.15) is 0 Å². The minimum Gasteiger partial charge on any atom is -0.378 e. The highest BCUT2D eigenvalue weighted by Crippen LogP contribution is 2.33. The largest absolute Gasteiger partial charge is 0.378 e. The monoisotopic (exact) mass is 320 g/mol. The standard InChI is InChI=1S/C15H17ClN4S/c1-10-13(20-7-8-21-15(20)18-10)9-17-12-6-4-5-11(16)14(12)19(2)3/h4-8,17H,9H2,1-3H3. The molecule has 3 rings (SSSR count). The van der Waals surface area contributed by atoms with Crippen LogP contribution >= 0.6 is 22.9 Å². The van der Waals surface area contributed by atoms with Crippen LogP contribution in [0.15, 0.2) is 29.8 Å². The van der Waals surface area contributed by atoms with Gasteiger partial charge in [-0.25, -0.2) is 4.98 Å². The van der Waals surface area contributed by atoms with Crippen LogP contribution in [-0.4, -0.2) is 23.5 Å². The van der Waals surface area contributed by atoms with Gasteiger partial charge in [0.15, 0.2) is 4.96 Å². The van der Waals surface area contributed by atoms with Gasteiger partial charge >= 0.3 is 0 Å². The summed E-state index contributed by atoms with van der Waals surface area (Å²) in [5.74, 6) is 0. The molecule has 0 bridgehead atoms. The second-order valence-corrected chi connectivity index (χ2v) is 6.36. The molecule has 0 atom stereocenters. The van der Waals surface area contributed by atoms with Gasteiger partial charge in [0, 0.05) is 25.7 Å². The average Bonchev–Trinajstić information content (AvgIpc) is 2.96. The van der Waals surface area contributed by atoms with Gasteiger partial charge in [0.25, 0.3) is 0 Å². The lowest BCUT2D eigenvalue weighted by molar-refractivity contribution is 0.991. The molecular formula is C15H17ClN4S. The van der Waals surface area contributed by atoms with Gasteiger partial charge in [0.1, 0.15) is 0 Å². The molecule has 0 spiro atoms. The maximum absolute atomic E-state index is 6.30. The molecule has 2 aromatic heterocycles. The first-order valence-corrected chi connectivity index (χ1v) is 7.94. The Hall–Kier alpha value is -1.72. The van der Waals surface area contributed by atoms with Crippen LogP contribution in [0.3, 0.4) is 0 Å². The minimum atomic E-state index is 0.713. The lowest BCUT2D eigenvalue weighted by Gasteiger charge is -2.20. The number of halogens is 1. The third-order valence-electron chi connectivity index (χ3n) is 3.44. The highest BCUT2D eigenvalue weighted by Gasteiger charge is 2.12. The molecule has 0 saturated carbocycles. The van der Waals surface area contributed by atoms with Crippen molar-refractivity contribution in [3.63, 3.8) is 0 Å². The minimum absolute atomic E-state index is 0.713. The van der Waals surface area contributed by atoms with E-state index >= 15 is 0 Å². The van der Waals surface area contributed by atoms with Gasteiger partial charge in [-0.05, 0) is 19.1 Å². The highest BCUT2D eigenvalue weighted by atomic mass is 35.5. The van der Waals surface area contributed by atoms with Crippen molar-refractivity contribution in [2.75, 3.05) is 24.3 Å². The molecule has 110 valence electrons. The number of aryl methyl sites for hydroxylation is 1. The van der Waals surface area contributed by atoms with Crippen molar-refractivity contribution in [1.82, 2.24) is 9.38 Å². The molecule has 1 N–H and O–H groups in total. The fourth-order valence-electron chi connectivity index (χ4n) is 2.45. The molecule has 3 aromatic rings. The molecule has 4 nitrogen and oxygen atoms in total. The predicted octanol–water partition coefficient (Wildman–Crippen LogP) is 4.04. The van der Waals surface area contributed by atoms with E-state index in [9.17, 15) is 0 Å². The Labute approximate surface area is 133 Å². The van der Waals surface area contributed by atoms with Gasteiger partial charge in [0.05, 0.1) is 34.3 Å². The summed E-state index contributed by atoms with van der Waals surface area (Å²) in [4.78, 5) is 7.62. The van der Waals surface area contributed by atoms with Crippen molar-refractivity contribution in [2.45, 2.75) is 13.5 Å². The van der Waals surface area contributed by atoms with Crippen molar-refractivity contribution in [3.05, 3.63) is 46.2 Å². The summed E-state index contributed by atoms with van der Waals surface area (Å²) >= 11 is 7.95. The third kappa shape index (κ3) is 2.59. The molecule has 0 fully saturated rings. The van der Waals surface area contributed by atoms with Crippen LogP contribution in [-0.2, 0) is 6.54 Å². The van der Waals surface area contributed by atoms with E-state index < -0.39 is 0 Å². The second kappa shape index (κ2) is 5.58. The highest BCUT2D eigenvalue weighted by molar-refractivity contribution is 7.15. The van der Waals surface area contributed by atoms with Crippen molar-refractivity contribution in [1.29, 1.82) is 0 Å². The molecule has 6 heteroatoms. The zero-order valence-electron chi connectivity index (χ0n) is 12.2. The Morgan fingerprint density at radius 3 is 2.95 bits per heavy atom. The van der Waals surface area contributed by atoms with E-state index in [0.717, 1.165) is 27.1 Å². The SMILES string of the molecule is Cc1nc2sccn2c1CNc1cccc(Cl)c1N(C)C. The molecular weight excluding hydrogens is 304 g/mol. The number of hydrogen-bond acceptors (Lipinski definition) is 4. The van der Waals surface area contributed by atoms with Crippen molar-refractivity contribution < 1.29 is 0 Å². The average molecular weight is 321 g/mol. The molecule has 0 aliphatic carbocycles. The van der Waals surface area contributed by atoms with E-state index in [1.807, 2.05) is 44.1 Å². The quantitative estimate of drug-likeness (QED) is 0.787. The van der Waals surface area contributed by atoms with Gasteiger partial charge in [-0.3, -0.25) is 4.40 Å². The van der Waals surface area contributed by atoms with Gasteiger partial charge < -0.3 is 10.2 Å². The Morgan fingerprint density at radius 2 is 2.19 bits per heavy atom. The summed E-state index contributed by atoms with van der Waals surface area (Å²) in [6.45, 7) is 2.76. The molecule has 0 unspecified atom stereocenters. The van der Waals surface area contributed by atoms with E-state index in [1.165, 1.54) is 5.69 Å². The first kappa shape index (κ1) is 14.2. The molecule has 0 aliphatic rings. The number of para-hydroxylation sites is 1. The Bertz CT molecular complexity index is 775. The maximum Gasteiger partial charge on any atom is 0.194 e. The molecule has 0 amide bonds. The summed E-state index contributed by atoms with van der Waals surface area (Å²) in [5, 5.41) is 6.28. The molecule has 0 radical (unpaired) electrons. The third-order valence-corrected chi connectivity index (χ3v) is 4.50. The first-order chi connectivity index (χ1) is 10.1. The zero-order chi connectivity index (χ0) is 15.0. The normalized spacial score (nSPS) is 11.0. The zero-order valence-corrected chi connectivity index (χ0v) is 13.8. The van der Waals surface area contributed by atoms with Gasteiger partial charge in [0.2, 0.25) is 0 Å². The number of nitrogens with one attached hydrogen (secondary N) is 1. The van der Waals surface area contributed by atoms with Crippen LogP contribution in [0.5, 0.6) is 0 Å². The van der Waals surface area contributed by atoms with Crippen LogP contribution in [0.25, 0.3) is 4.96 Å². The van der Waals surface area contributed by atoms with Crippen LogP contribution < -0.4 is 10.2 Å². The molecule has 2 heterocycles. The number of fused-ring (bicyclic) bond motifs is 1. The number of anilines is 2. The second-order valence-electron chi connectivity index (χ2n) is 5.08. The first-order valence-electron chi connectivity index (χ1n) is 6.68. The summed E-state index contributed by atoms with van der Waals surface area (Å²) in [5.41, 5.74) is 4.26. The van der Waals surface area contributed by atoms with E-state index in [-0.39, 0.29) is 0 Å². The van der Waals surface area contributed by atoms with Crippen molar-refractivity contribution >= 4 is 39.3 Å². The smallest absolute Gasteiger partial charge is 0.194 e. The van der Waals surface area contributed by atoms with Crippen LogP contribution in [0.2, 0.25) is 5.02 Å². The lowest BCUT2D eigenvalue weighted by atomic mass is 10.2. The number of aromatic nitrogens is 2. The Balaban J connectivity index is 1.90. The Kier molecular flexibility index (Phi) is 3.78. The number of rotatable bonds is 4. The number of benzene rings is 1. The number of hydrogen-bond donors (Lipinski definition) is 1. The van der Waals surface area contributed by atoms with Crippen LogP contribution in [0.4, 0.5) is 11.4 Å². The van der Waals surface area contributed by atoms with E-state index in [2.05, 4.69) is 26.3 Å². The number of nitrogens with zero attached hydrogens (tertiary/aromatic N) is 3. The summed E-state index contributed by atoms with van der Waals surface area (Å²) in [6.07, 6.45) is 2.06. The van der Waals surface area contributed by atoms with Gasteiger partial charge in [-0.15, -0.1) is 11.3 Å². The summed E-state index contributed by atoms with van der Waals surface area (Å²) < 4.78 is 2.13. The topological polar surface area (TPSA) is 32.6 Å². The molecule has 0 aliphatic heterocycles. The van der Waals surface area contributed by atoms with Crippen LogP contribution in [0, 0.1) is 6.92 Å². The number of imidazole rings is 1. The Morgan fingerprint density at radius 1 is 1.38 bits per heavy atom. The van der Waals surface area contributed by atoms with Crippen molar-refractivity contribution in [3.8, 4) is 0 Å². The van der Waals surface area contributed by atoms with Gasteiger partial charge in [-0.1, -0.05) is 17.7 Å². The predicted molar refractivity (Wildman–Crippen MR) is 90.9 cm³/mol. The molecule has 21 heavy (non-hydrogen) atoms. The summed E-state index contributed by atoms with van der Waals surface area (Å²) in [7, 11) is 3.99. The fraction of sp³-hybridized carbons (Fsp3) is 0.267. The number of thiazole rings is 1. The van der Waals surface area contributed by atoms with E-state index in [1.54, 1.807) is 11.3 Å². The maximum atomic E-state index is 6.30. The van der Waals surface area contributed by atoms with E-state index in [0.29, 0.717) is 6.54 Å². The van der Waals surface area contributed by atoms with Crippen molar-refractivity contribution in [2.24, 2.45) is 0 Å². The molecule has 1 aromatic carbocycles. The summed E-state index contributed by atoms with van der Waals surface area (Å²) in [6, 6.07) is 5.91. The molecule has 0 saturated heterocycles. The lowest BCUT2D eigenvalue weighted by Crippen LogP contribution is -2.13. The van der Waals surface area contributed by atoms with E-state index in [4.69, 9.17) is 11.6 Å².